The zero-order valence-corrected chi connectivity index (χ0v) is 8.01. The Balaban J connectivity index is 2.21. The molecule has 0 bridgehead atoms. The SMILES string of the molecule is C/C=C1/Cc2ccccc2C12CC2. The van der Waals surface area contributed by atoms with Gasteiger partial charge in [-0.2, -0.15) is 0 Å². The van der Waals surface area contributed by atoms with Crippen molar-refractivity contribution in [1.82, 2.24) is 0 Å². The van der Waals surface area contributed by atoms with Crippen LogP contribution < -0.4 is 0 Å². The second-order valence-corrected chi connectivity index (χ2v) is 4.23. The van der Waals surface area contributed by atoms with Crippen LogP contribution in [0.25, 0.3) is 0 Å². The summed E-state index contributed by atoms with van der Waals surface area (Å²) < 4.78 is 0. The number of hydrogen-bond acceptors (Lipinski definition) is 0. The molecule has 0 unspecified atom stereocenters. The Morgan fingerprint density at radius 2 is 2.00 bits per heavy atom. The topological polar surface area (TPSA) is 0 Å². The second kappa shape index (κ2) is 2.25. The maximum Gasteiger partial charge on any atom is 0.0168 e. The number of fused-ring (bicyclic) bond motifs is 2. The molecule has 0 heterocycles. The highest BCUT2D eigenvalue weighted by Crippen LogP contribution is 2.59. The molecule has 0 radical (unpaired) electrons. The number of benzene rings is 1. The summed E-state index contributed by atoms with van der Waals surface area (Å²) in [5, 5.41) is 0. The van der Waals surface area contributed by atoms with Gasteiger partial charge in [0, 0.05) is 5.41 Å². The minimum absolute atomic E-state index is 0.505. The Kier molecular flexibility index (Phi) is 1.28. The van der Waals surface area contributed by atoms with Gasteiger partial charge < -0.3 is 0 Å². The fraction of sp³-hybridized carbons (Fsp3) is 0.385. The highest BCUT2D eigenvalue weighted by Gasteiger charge is 2.51. The summed E-state index contributed by atoms with van der Waals surface area (Å²) >= 11 is 0. The van der Waals surface area contributed by atoms with Gasteiger partial charge in [0.2, 0.25) is 0 Å². The number of allylic oxidation sites excluding steroid dienone is 2. The molecule has 1 spiro atoms. The maximum absolute atomic E-state index is 2.33. The lowest BCUT2D eigenvalue weighted by atomic mass is 9.94. The van der Waals surface area contributed by atoms with Crippen LogP contribution in [0, 0.1) is 0 Å². The monoisotopic (exact) mass is 170 g/mol. The largest absolute Gasteiger partial charge is 0.0872 e. The van der Waals surface area contributed by atoms with Crippen molar-refractivity contribution in [2.45, 2.75) is 31.6 Å². The highest BCUT2D eigenvalue weighted by atomic mass is 14.5. The van der Waals surface area contributed by atoms with Gasteiger partial charge in [-0.05, 0) is 37.3 Å². The Morgan fingerprint density at radius 3 is 2.69 bits per heavy atom. The summed E-state index contributed by atoms with van der Waals surface area (Å²) in [6, 6.07) is 8.94. The van der Waals surface area contributed by atoms with E-state index in [2.05, 4.69) is 37.3 Å². The molecule has 0 aromatic heterocycles. The summed E-state index contributed by atoms with van der Waals surface area (Å²) in [6.45, 7) is 2.18. The van der Waals surface area contributed by atoms with Crippen LogP contribution in [0.1, 0.15) is 30.9 Å². The van der Waals surface area contributed by atoms with Gasteiger partial charge in [-0.25, -0.2) is 0 Å². The summed E-state index contributed by atoms with van der Waals surface area (Å²) in [7, 11) is 0. The standard InChI is InChI=1S/C13H14/c1-2-11-9-10-5-3-4-6-12(10)13(11)7-8-13/h2-6H,7-9H2,1H3/b11-2-. The molecule has 2 aliphatic carbocycles. The predicted octanol–water partition coefficient (Wildman–Crippen LogP) is 3.22. The van der Waals surface area contributed by atoms with E-state index in [-0.39, 0.29) is 0 Å². The average Bonchev–Trinajstić information content (AvgIpc) is 2.88. The van der Waals surface area contributed by atoms with Crippen LogP contribution in [0.4, 0.5) is 0 Å². The molecule has 0 atom stereocenters. The van der Waals surface area contributed by atoms with E-state index < -0.39 is 0 Å². The van der Waals surface area contributed by atoms with Gasteiger partial charge in [-0.1, -0.05) is 35.9 Å². The van der Waals surface area contributed by atoms with Gasteiger partial charge in [-0.15, -0.1) is 0 Å². The van der Waals surface area contributed by atoms with Crippen molar-refractivity contribution in [3.8, 4) is 0 Å². The first-order chi connectivity index (χ1) is 6.37. The lowest BCUT2D eigenvalue weighted by Crippen LogP contribution is -2.02. The second-order valence-electron chi connectivity index (χ2n) is 4.23. The van der Waals surface area contributed by atoms with E-state index in [9.17, 15) is 0 Å². The Bertz CT molecular complexity index is 381. The van der Waals surface area contributed by atoms with E-state index in [4.69, 9.17) is 0 Å². The van der Waals surface area contributed by atoms with Crippen molar-refractivity contribution in [2.75, 3.05) is 0 Å². The molecule has 66 valence electrons. The van der Waals surface area contributed by atoms with E-state index >= 15 is 0 Å². The summed E-state index contributed by atoms with van der Waals surface area (Å²) in [6.07, 6.45) is 6.28. The molecule has 1 aromatic carbocycles. The van der Waals surface area contributed by atoms with Crippen LogP contribution >= 0.6 is 0 Å². The van der Waals surface area contributed by atoms with Crippen LogP contribution in [0.3, 0.4) is 0 Å². The molecule has 0 heteroatoms. The average molecular weight is 170 g/mol. The molecule has 0 N–H and O–H groups in total. The molecular formula is C13H14. The van der Waals surface area contributed by atoms with Crippen molar-refractivity contribution in [1.29, 1.82) is 0 Å². The zero-order chi connectivity index (χ0) is 8.89. The van der Waals surface area contributed by atoms with Gasteiger partial charge in [-0.3, -0.25) is 0 Å². The van der Waals surface area contributed by atoms with Gasteiger partial charge >= 0.3 is 0 Å². The molecule has 1 fully saturated rings. The maximum atomic E-state index is 2.33. The zero-order valence-electron chi connectivity index (χ0n) is 8.01. The molecule has 0 nitrogen and oxygen atoms in total. The fourth-order valence-corrected chi connectivity index (χ4v) is 2.78. The Hall–Kier alpha value is -1.04. The summed E-state index contributed by atoms with van der Waals surface area (Å²) in [4.78, 5) is 0. The van der Waals surface area contributed by atoms with E-state index in [1.54, 1.807) is 16.7 Å². The lowest BCUT2D eigenvalue weighted by molar-refractivity contribution is 0.848. The molecule has 0 saturated heterocycles. The Labute approximate surface area is 79.3 Å². The van der Waals surface area contributed by atoms with E-state index in [0.717, 1.165) is 0 Å². The third-order valence-corrected chi connectivity index (χ3v) is 3.63. The smallest absolute Gasteiger partial charge is 0.0168 e. The summed E-state index contributed by atoms with van der Waals surface area (Å²) in [5.74, 6) is 0. The van der Waals surface area contributed by atoms with Crippen LogP contribution in [0.5, 0.6) is 0 Å². The molecule has 2 aliphatic rings. The van der Waals surface area contributed by atoms with Crippen molar-refractivity contribution in [3.63, 3.8) is 0 Å². The number of hydrogen-bond donors (Lipinski definition) is 0. The molecule has 1 aromatic rings. The minimum Gasteiger partial charge on any atom is -0.0872 e. The van der Waals surface area contributed by atoms with Gasteiger partial charge in [0.15, 0.2) is 0 Å². The third kappa shape index (κ3) is 0.810. The molecule has 0 amide bonds. The van der Waals surface area contributed by atoms with Crippen LogP contribution in [0.15, 0.2) is 35.9 Å². The minimum atomic E-state index is 0.505. The lowest BCUT2D eigenvalue weighted by Gasteiger charge is -2.09. The van der Waals surface area contributed by atoms with Crippen molar-refractivity contribution >= 4 is 0 Å². The van der Waals surface area contributed by atoms with E-state index in [0.29, 0.717) is 5.41 Å². The van der Waals surface area contributed by atoms with Crippen molar-refractivity contribution in [3.05, 3.63) is 47.0 Å². The van der Waals surface area contributed by atoms with Gasteiger partial charge in [0.1, 0.15) is 0 Å². The first kappa shape index (κ1) is 7.37. The molecule has 13 heavy (non-hydrogen) atoms. The van der Waals surface area contributed by atoms with E-state index in [1.165, 1.54) is 19.3 Å². The highest BCUT2D eigenvalue weighted by molar-refractivity contribution is 5.54. The van der Waals surface area contributed by atoms with E-state index in [1.807, 2.05) is 0 Å². The van der Waals surface area contributed by atoms with Gasteiger partial charge in [0.25, 0.3) is 0 Å². The van der Waals surface area contributed by atoms with Gasteiger partial charge in [0.05, 0.1) is 0 Å². The quantitative estimate of drug-likeness (QED) is 0.524. The molecule has 3 rings (SSSR count). The predicted molar refractivity (Wildman–Crippen MR) is 54.8 cm³/mol. The summed E-state index contributed by atoms with van der Waals surface area (Å²) in [5.41, 5.74) is 5.34. The first-order valence-electron chi connectivity index (χ1n) is 5.11. The van der Waals surface area contributed by atoms with Crippen LogP contribution in [-0.2, 0) is 11.8 Å². The third-order valence-electron chi connectivity index (χ3n) is 3.63. The van der Waals surface area contributed by atoms with Crippen molar-refractivity contribution < 1.29 is 0 Å². The normalized spacial score (nSPS) is 25.2. The van der Waals surface area contributed by atoms with Crippen LogP contribution in [-0.4, -0.2) is 0 Å². The first-order valence-corrected chi connectivity index (χ1v) is 5.11. The number of rotatable bonds is 0. The molecular weight excluding hydrogens is 156 g/mol. The van der Waals surface area contributed by atoms with Crippen LogP contribution in [0.2, 0.25) is 0 Å². The fourth-order valence-electron chi connectivity index (χ4n) is 2.78. The van der Waals surface area contributed by atoms with Crippen molar-refractivity contribution in [2.24, 2.45) is 0 Å². The molecule has 0 aliphatic heterocycles. The molecule has 1 saturated carbocycles. The Morgan fingerprint density at radius 1 is 1.23 bits per heavy atom.